The van der Waals surface area contributed by atoms with E-state index in [2.05, 4.69) is 10.6 Å². The Morgan fingerprint density at radius 2 is 1.52 bits per heavy atom. The molecule has 2 N–H and O–H groups in total. The van der Waals surface area contributed by atoms with Crippen molar-refractivity contribution >= 4 is 17.5 Å². The minimum Gasteiger partial charge on any atom is -0.355 e. The van der Waals surface area contributed by atoms with Crippen LogP contribution in [-0.4, -0.2) is 18.4 Å². The van der Waals surface area contributed by atoms with Crippen molar-refractivity contribution in [1.82, 2.24) is 5.32 Å². The maximum Gasteiger partial charge on any atom is 0.226 e. The molecule has 0 saturated carbocycles. The number of carbonyl (C=O) groups excluding carboxylic acids is 2. The Hall–Kier alpha value is -2.62. The molecule has 23 heavy (non-hydrogen) atoms. The number of hydrogen-bond acceptors (Lipinski definition) is 2. The second kappa shape index (κ2) is 8.13. The number of nitrogens with one attached hydrogen (secondary N) is 2. The van der Waals surface area contributed by atoms with Gasteiger partial charge in [-0.2, -0.15) is 0 Å². The fraction of sp³-hybridized carbons (Fsp3) is 0.263. The lowest BCUT2D eigenvalue weighted by atomic mass is 10.1. The summed E-state index contributed by atoms with van der Waals surface area (Å²) in [5.41, 5.74) is 3.89. The van der Waals surface area contributed by atoms with E-state index in [9.17, 15) is 9.59 Å². The summed E-state index contributed by atoms with van der Waals surface area (Å²) in [6.07, 6.45) is 0.591. The van der Waals surface area contributed by atoms with E-state index in [4.69, 9.17) is 0 Å². The van der Waals surface area contributed by atoms with Crippen LogP contribution in [0.25, 0.3) is 0 Å². The van der Waals surface area contributed by atoms with Crippen LogP contribution in [0.1, 0.15) is 23.1 Å². The predicted octanol–water partition coefficient (Wildman–Crippen LogP) is 2.99. The van der Waals surface area contributed by atoms with E-state index < -0.39 is 0 Å². The summed E-state index contributed by atoms with van der Waals surface area (Å²) in [6.45, 7) is 4.26. The lowest BCUT2D eigenvalue weighted by molar-refractivity contribution is -0.120. The second-order valence-corrected chi connectivity index (χ2v) is 5.58. The smallest absolute Gasteiger partial charge is 0.226 e. The molecule has 0 fully saturated rings. The van der Waals surface area contributed by atoms with Gasteiger partial charge in [-0.25, -0.2) is 0 Å². The average molecular weight is 310 g/mol. The van der Waals surface area contributed by atoms with Gasteiger partial charge in [0.15, 0.2) is 0 Å². The van der Waals surface area contributed by atoms with Crippen LogP contribution in [0.15, 0.2) is 48.5 Å². The summed E-state index contributed by atoms with van der Waals surface area (Å²) in [5.74, 6) is -0.168. The molecule has 2 rings (SSSR count). The third kappa shape index (κ3) is 5.25. The molecule has 4 heteroatoms. The average Bonchev–Trinajstić information content (AvgIpc) is 2.52. The van der Waals surface area contributed by atoms with Crippen LogP contribution < -0.4 is 10.6 Å². The Labute approximate surface area is 136 Å². The lowest BCUT2D eigenvalue weighted by Crippen LogP contribution is -2.29. The van der Waals surface area contributed by atoms with E-state index in [1.807, 2.05) is 62.4 Å². The van der Waals surface area contributed by atoms with Gasteiger partial charge in [0.2, 0.25) is 11.8 Å². The number of rotatable bonds is 6. The Bertz CT molecular complexity index is 661. The van der Waals surface area contributed by atoms with Crippen LogP contribution in [0.5, 0.6) is 0 Å². The lowest BCUT2D eigenvalue weighted by Gasteiger charge is -2.11. The predicted molar refractivity (Wildman–Crippen MR) is 92.3 cm³/mol. The van der Waals surface area contributed by atoms with Crippen LogP contribution in [0, 0.1) is 13.8 Å². The van der Waals surface area contributed by atoms with Gasteiger partial charge in [0.1, 0.15) is 0 Å². The molecule has 4 nitrogen and oxygen atoms in total. The molecule has 2 amide bonds. The Kier molecular flexibility index (Phi) is 5.92. The summed E-state index contributed by atoms with van der Waals surface area (Å²) >= 11 is 0. The van der Waals surface area contributed by atoms with Crippen molar-refractivity contribution in [2.75, 3.05) is 11.9 Å². The van der Waals surface area contributed by atoms with Crippen LogP contribution in [0.2, 0.25) is 0 Å². The molecule has 0 aliphatic rings. The molecule has 0 atom stereocenters. The molecule has 120 valence electrons. The van der Waals surface area contributed by atoms with Crippen molar-refractivity contribution in [2.24, 2.45) is 0 Å². The monoisotopic (exact) mass is 310 g/mol. The molecule has 2 aromatic rings. The summed E-state index contributed by atoms with van der Waals surface area (Å²) < 4.78 is 0. The van der Waals surface area contributed by atoms with Gasteiger partial charge in [0.05, 0.1) is 6.42 Å². The third-order valence-electron chi connectivity index (χ3n) is 3.63. The zero-order chi connectivity index (χ0) is 16.7. The van der Waals surface area contributed by atoms with E-state index in [1.54, 1.807) is 0 Å². The molecule has 0 saturated heterocycles. The van der Waals surface area contributed by atoms with Crippen molar-refractivity contribution in [3.8, 4) is 0 Å². The molecule has 0 aliphatic carbocycles. The number of hydrogen-bond donors (Lipinski definition) is 2. The number of anilines is 1. The SMILES string of the molecule is Cc1cccc(C)c1NC(=O)CCNC(=O)Cc1ccccc1. The Balaban J connectivity index is 1.76. The zero-order valence-corrected chi connectivity index (χ0v) is 13.6. The normalized spacial score (nSPS) is 10.2. The fourth-order valence-corrected chi connectivity index (χ4v) is 2.37. The first-order valence-corrected chi connectivity index (χ1v) is 7.73. The van der Waals surface area contributed by atoms with Gasteiger partial charge in [-0.15, -0.1) is 0 Å². The van der Waals surface area contributed by atoms with E-state index >= 15 is 0 Å². The van der Waals surface area contributed by atoms with Gasteiger partial charge >= 0.3 is 0 Å². The van der Waals surface area contributed by atoms with E-state index in [0.717, 1.165) is 22.4 Å². The first-order valence-electron chi connectivity index (χ1n) is 7.73. The Morgan fingerprint density at radius 1 is 0.870 bits per heavy atom. The van der Waals surface area contributed by atoms with Crippen LogP contribution >= 0.6 is 0 Å². The van der Waals surface area contributed by atoms with Gasteiger partial charge < -0.3 is 10.6 Å². The Morgan fingerprint density at radius 3 is 2.17 bits per heavy atom. The minimum atomic E-state index is -0.0950. The highest BCUT2D eigenvalue weighted by Crippen LogP contribution is 2.19. The molecule has 0 unspecified atom stereocenters. The van der Waals surface area contributed by atoms with Crippen molar-refractivity contribution in [3.63, 3.8) is 0 Å². The first-order chi connectivity index (χ1) is 11.1. The van der Waals surface area contributed by atoms with E-state index in [1.165, 1.54) is 0 Å². The van der Waals surface area contributed by atoms with Gasteiger partial charge in [0, 0.05) is 18.7 Å². The summed E-state index contributed by atoms with van der Waals surface area (Å²) in [4.78, 5) is 23.8. The number of amides is 2. The summed E-state index contributed by atoms with van der Waals surface area (Å²) in [6, 6.07) is 15.4. The summed E-state index contributed by atoms with van der Waals surface area (Å²) in [7, 11) is 0. The number of benzene rings is 2. The highest BCUT2D eigenvalue weighted by molar-refractivity contribution is 5.92. The third-order valence-corrected chi connectivity index (χ3v) is 3.63. The quantitative estimate of drug-likeness (QED) is 0.862. The molecule has 0 spiro atoms. The topological polar surface area (TPSA) is 58.2 Å². The molecule has 0 bridgehead atoms. The van der Waals surface area contributed by atoms with Crippen molar-refractivity contribution in [1.29, 1.82) is 0 Å². The van der Waals surface area contributed by atoms with Crippen LogP contribution in [0.3, 0.4) is 0 Å². The number of para-hydroxylation sites is 1. The molecular formula is C19H22N2O2. The van der Waals surface area contributed by atoms with Crippen LogP contribution in [-0.2, 0) is 16.0 Å². The molecule has 0 radical (unpaired) electrons. The molecule has 0 aliphatic heterocycles. The van der Waals surface area contributed by atoms with Gasteiger partial charge in [-0.1, -0.05) is 48.5 Å². The minimum absolute atomic E-state index is 0.0731. The van der Waals surface area contributed by atoms with Gasteiger partial charge in [0.25, 0.3) is 0 Å². The fourth-order valence-electron chi connectivity index (χ4n) is 2.37. The molecule has 2 aromatic carbocycles. The summed E-state index contributed by atoms with van der Waals surface area (Å²) in [5, 5.41) is 5.69. The molecular weight excluding hydrogens is 288 g/mol. The molecule has 0 aromatic heterocycles. The van der Waals surface area contributed by atoms with Gasteiger partial charge in [-0.3, -0.25) is 9.59 Å². The van der Waals surface area contributed by atoms with Crippen molar-refractivity contribution in [2.45, 2.75) is 26.7 Å². The number of carbonyl (C=O) groups is 2. The van der Waals surface area contributed by atoms with E-state index in [-0.39, 0.29) is 18.2 Å². The van der Waals surface area contributed by atoms with Crippen LogP contribution in [0.4, 0.5) is 5.69 Å². The largest absolute Gasteiger partial charge is 0.355 e. The highest BCUT2D eigenvalue weighted by Gasteiger charge is 2.08. The number of aryl methyl sites for hydroxylation is 2. The van der Waals surface area contributed by atoms with Crippen molar-refractivity contribution < 1.29 is 9.59 Å². The zero-order valence-electron chi connectivity index (χ0n) is 13.6. The maximum atomic E-state index is 12.0. The van der Waals surface area contributed by atoms with Gasteiger partial charge in [-0.05, 0) is 30.5 Å². The first kappa shape index (κ1) is 16.7. The maximum absolute atomic E-state index is 12.0. The van der Waals surface area contributed by atoms with Crippen molar-refractivity contribution in [3.05, 3.63) is 65.2 Å². The standard InChI is InChI=1S/C19H22N2O2/c1-14-7-6-8-15(2)19(14)21-17(22)11-12-20-18(23)13-16-9-4-3-5-10-16/h3-10H,11-13H2,1-2H3,(H,20,23)(H,21,22). The second-order valence-electron chi connectivity index (χ2n) is 5.58. The highest BCUT2D eigenvalue weighted by atomic mass is 16.2. The molecule has 0 heterocycles. The van der Waals surface area contributed by atoms with E-state index in [0.29, 0.717) is 13.0 Å².